The number of nitrogen functional groups attached to an aromatic ring is 1. The van der Waals surface area contributed by atoms with Gasteiger partial charge in [0, 0.05) is 33.8 Å². The number of carbonyl (C=O) groups excluding carboxylic acids is 1. The minimum Gasteiger partial charge on any atom is -0.401 e. The van der Waals surface area contributed by atoms with E-state index in [1.807, 2.05) is 52.0 Å². The molecular formula is C28H30FN7O. The summed E-state index contributed by atoms with van der Waals surface area (Å²) >= 11 is 0. The van der Waals surface area contributed by atoms with Crippen LogP contribution in [0.25, 0.3) is 22.0 Å². The van der Waals surface area contributed by atoms with E-state index in [-0.39, 0.29) is 16.7 Å². The van der Waals surface area contributed by atoms with Gasteiger partial charge >= 0.3 is 6.03 Å². The van der Waals surface area contributed by atoms with Gasteiger partial charge in [-0.05, 0) is 42.8 Å². The number of amides is 2. The van der Waals surface area contributed by atoms with Crippen molar-refractivity contribution in [3.63, 3.8) is 0 Å². The van der Waals surface area contributed by atoms with Crippen molar-refractivity contribution in [2.45, 2.75) is 27.7 Å². The van der Waals surface area contributed by atoms with Gasteiger partial charge in [-0.15, -0.1) is 0 Å². The summed E-state index contributed by atoms with van der Waals surface area (Å²) in [5.74, 6) is 0.107. The zero-order valence-corrected chi connectivity index (χ0v) is 21.2. The fourth-order valence-corrected chi connectivity index (χ4v) is 3.53. The topological polar surface area (TPSA) is 134 Å². The molecule has 0 atom stereocenters. The van der Waals surface area contributed by atoms with Crippen LogP contribution in [-0.2, 0) is 0 Å². The van der Waals surface area contributed by atoms with Crippen LogP contribution in [0.15, 0.2) is 77.4 Å². The van der Waals surface area contributed by atoms with Crippen LogP contribution < -0.4 is 22.1 Å². The van der Waals surface area contributed by atoms with Crippen molar-refractivity contribution in [2.75, 3.05) is 11.1 Å². The highest BCUT2D eigenvalue weighted by molar-refractivity contribution is 6.08. The molecule has 7 N–H and O–H groups in total. The molecule has 0 saturated heterocycles. The second kappa shape index (κ2) is 10.1. The third kappa shape index (κ3) is 5.95. The van der Waals surface area contributed by atoms with Gasteiger partial charge in [0.2, 0.25) is 0 Å². The standard InChI is InChI=1S/C28H30FN7O/c1-16-5-9-18(10-6-16)32-23(15-22(30)28(2,3)4)34-27(37)33-19-11-7-17(8-12-19)20-13-14-21-25(24(20)29)35-36-26(21)31/h5-15H,30H2,1-4H3,(H3,31,35,36)(H2,32,33,34,37)/b22-15-. The number of nitrogens with two attached hydrogens (primary N) is 2. The molecule has 4 aromatic rings. The zero-order valence-electron chi connectivity index (χ0n) is 21.2. The summed E-state index contributed by atoms with van der Waals surface area (Å²) < 4.78 is 15.0. The van der Waals surface area contributed by atoms with Crippen LogP contribution >= 0.6 is 0 Å². The van der Waals surface area contributed by atoms with E-state index < -0.39 is 11.8 Å². The van der Waals surface area contributed by atoms with Gasteiger partial charge in [-0.2, -0.15) is 5.10 Å². The molecule has 1 aromatic heterocycles. The van der Waals surface area contributed by atoms with Crippen LogP contribution in [0.2, 0.25) is 0 Å². The number of fused-ring (bicyclic) bond motifs is 1. The molecule has 190 valence electrons. The van der Waals surface area contributed by atoms with Crippen LogP contribution in [0.4, 0.5) is 26.4 Å². The number of benzene rings is 3. The number of hydrogen-bond donors (Lipinski definition) is 5. The van der Waals surface area contributed by atoms with Gasteiger partial charge in [-0.1, -0.05) is 56.7 Å². The van der Waals surface area contributed by atoms with Gasteiger partial charge < -0.3 is 16.8 Å². The summed E-state index contributed by atoms with van der Waals surface area (Å²) in [4.78, 5) is 17.4. The Balaban J connectivity index is 1.52. The Kier molecular flexibility index (Phi) is 6.97. The summed E-state index contributed by atoms with van der Waals surface area (Å²) in [5.41, 5.74) is 15.9. The maximum Gasteiger partial charge on any atom is 0.324 e. The number of anilines is 2. The second-order valence-electron chi connectivity index (χ2n) is 9.80. The van der Waals surface area contributed by atoms with E-state index in [2.05, 4.69) is 25.8 Å². The third-order valence-corrected chi connectivity index (χ3v) is 5.84. The largest absolute Gasteiger partial charge is 0.401 e. The zero-order chi connectivity index (χ0) is 26.7. The Morgan fingerprint density at radius 2 is 1.73 bits per heavy atom. The van der Waals surface area contributed by atoms with E-state index in [4.69, 9.17) is 11.5 Å². The summed E-state index contributed by atoms with van der Waals surface area (Å²) in [6.07, 6.45) is 1.66. The third-order valence-electron chi connectivity index (χ3n) is 5.84. The normalized spacial score (nSPS) is 12.6. The lowest BCUT2D eigenvalue weighted by molar-refractivity contribution is 0.256. The molecule has 0 unspecified atom stereocenters. The Morgan fingerprint density at radius 3 is 2.38 bits per heavy atom. The molecule has 37 heavy (non-hydrogen) atoms. The number of nitrogens with one attached hydrogen (secondary N) is 3. The molecule has 0 radical (unpaired) electrons. The highest BCUT2D eigenvalue weighted by Gasteiger charge is 2.16. The Morgan fingerprint density at radius 1 is 1.05 bits per heavy atom. The van der Waals surface area contributed by atoms with Crippen LogP contribution in [0.3, 0.4) is 0 Å². The molecule has 3 aromatic carbocycles. The number of aliphatic imine (C=N–C) groups is 1. The highest BCUT2D eigenvalue weighted by atomic mass is 19.1. The number of H-pyrrole nitrogens is 1. The average molecular weight is 500 g/mol. The van der Waals surface area contributed by atoms with Crippen LogP contribution in [-0.4, -0.2) is 22.1 Å². The van der Waals surface area contributed by atoms with Gasteiger partial charge in [-0.25, -0.2) is 14.2 Å². The number of aromatic amines is 1. The maximum absolute atomic E-state index is 15.0. The van der Waals surface area contributed by atoms with Crippen LogP contribution in [0.1, 0.15) is 26.3 Å². The number of carbonyl (C=O) groups is 1. The molecule has 0 bridgehead atoms. The number of urea groups is 1. The fourth-order valence-electron chi connectivity index (χ4n) is 3.53. The second-order valence-corrected chi connectivity index (χ2v) is 9.80. The quantitative estimate of drug-likeness (QED) is 0.174. The Labute approximate surface area is 214 Å². The molecule has 1 heterocycles. The van der Waals surface area contributed by atoms with Gasteiger partial charge in [0.1, 0.15) is 11.4 Å². The van der Waals surface area contributed by atoms with E-state index in [1.54, 1.807) is 42.5 Å². The molecule has 0 spiro atoms. The maximum atomic E-state index is 15.0. The number of nitrogens with zero attached hydrogens (tertiary/aromatic N) is 2. The summed E-state index contributed by atoms with van der Waals surface area (Å²) in [6.45, 7) is 7.92. The lowest BCUT2D eigenvalue weighted by Gasteiger charge is -2.19. The molecule has 0 aliphatic rings. The van der Waals surface area contributed by atoms with Crippen molar-refractivity contribution in [1.29, 1.82) is 0 Å². The molecule has 0 aliphatic heterocycles. The van der Waals surface area contributed by atoms with Gasteiger partial charge in [0.25, 0.3) is 0 Å². The molecular weight excluding hydrogens is 469 g/mol. The minimum atomic E-state index is -0.489. The van der Waals surface area contributed by atoms with E-state index >= 15 is 0 Å². The van der Waals surface area contributed by atoms with Crippen molar-refractivity contribution >= 4 is 40.0 Å². The predicted molar refractivity (Wildman–Crippen MR) is 148 cm³/mol. The average Bonchev–Trinajstić information content (AvgIpc) is 3.22. The molecule has 4 rings (SSSR count). The number of amidine groups is 1. The number of allylic oxidation sites excluding steroid dienone is 1. The Bertz CT molecular complexity index is 1490. The van der Waals surface area contributed by atoms with E-state index in [0.29, 0.717) is 39.4 Å². The number of halogens is 1. The first-order valence-electron chi connectivity index (χ1n) is 11.7. The SMILES string of the molecule is Cc1ccc(N=C(/C=C(\N)C(C)(C)C)NC(=O)Nc2ccc(-c3ccc4c(N)n[nH]c4c3F)cc2)cc1. The molecule has 0 aliphatic carbocycles. The molecule has 8 nitrogen and oxygen atoms in total. The van der Waals surface area contributed by atoms with Gasteiger partial charge in [0.15, 0.2) is 11.6 Å². The van der Waals surface area contributed by atoms with E-state index in [0.717, 1.165) is 5.56 Å². The van der Waals surface area contributed by atoms with Gasteiger partial charge in [0.05, 0.1) is 5.69 Å². The van der Waals surface area contributed by atoms with Crippen LogP contribution in [0.5, 0.6) is 0 Å². The van der Waals surface area contributed by atoms with Crippen molar-refractivity contribution in [3.05, 3.63) is 83.8 Å². The molecule has 0 saturated carbocycles. The number of rotatable bonds is 4. The first-order valence-corrected chi connectivity index (χ1v) is 11.7. The molecule has 9 heteroatoms. The monoisotopic (exact) mass is 499 g/mol. The number of hydrogen-bond acceptors (Lipinski definition) is 5. The highest BCUT2D eigenvalue weighted by Crippen LogP contribution is 2.30. The van der Waals surface area contributed by atoms with Crippen molar-refractivity contribution < 1.29 is 9.18 Å². The van der Waals surface area contributed by atoms with E-state index in [1.165, 1.54) is 0 Å². The summed E-state index contributed by atoms with van der Waals surface area (Å²) in [7, 11) is 0. The number of aromatic nitrogens is 2. The number of aryl methyl sites for hydroxylation is 1. The smallest absolute Gasteiger partial charge is 0.324 e. The fraction of sp³-hybridized carbons (Fsp3) is 0.179. The van der Waals surface area contributed by atoms with Crippen LogP contribution in [0, 0.1) is 18.2 Å². The summed E-state index contributed by atoms with van der Waals surface area (Å²) in [6, 6.07) is 17.3. The van der Waals surface area contributed by atoms with Crippen molar-refractivity contribution in [1.82, 2.24) is 15.5 Å². The van der Waals surface area contributed by atoms with E-state index in [9.17, 15) is 9.18 Å². The van der Waals surface area contributed by atoms with Gasteiger partial charge in [-0.3, -0.25) is 10.4 Å². The molecule has 0 fully saturated rings. The first kappa shape index (κ1) is 25.4. The minimum absolute atomic E-state index is 0.246. The summed E-state index contributed by atoms with van der Waals surface area (Å²) in [5, 5.41) is 12.6. The molecule has 2 amide bonds. The first-order chi connectivity index (χ1) is 17.5. The van der Waals surface area contributed by atoms with Crippen molar-refractivity contribution in [3.8, 4) is 11.1 Å². The Hall–Kier alpha value is -4.66. The lowest BCUT2D eigenvalue weighted by atomic mass is 9.92. The van der Waals surface area contributed by atoms with Crippen molar-refractivity contribution in [2.24, 2.45) is 16.1 Å². The predicted octanol–water partition coefficient (Wildman–Crippen LogP) is 6.00. The lowest BCUT2D eigenvalue weighted by Crippen LogP contribution is -2.34.